The van der Waals surface area contributed by atoms with Crippen LogP contribution in [0.3, 0.4) is 0 Å². The van der Waals surface area contributed by atoms with E-state index in [0.29, 0.717) is 5.56 Å². The molecule has 1 saturated heterocycles. The first-order valence-corrected chi connectivity index (χ1v) is 11.9. The zero-order valence-electron chi connectivity index (χ0n) is 18.3. The van der Waals surface area contributed by atoms with Gasteiger partial charge in [0.1, 0.15) is 0 Å². The van der Waals surface area contributed by atoms with Crippen LogP contribution in [0.2, 0.25) is 5.02 Å². The first-order valence-electron chi connectivity index (χ1n) is 10.6. The predicted molar refractivity (Wildman–Crippen MR) is 120 cm³/mol. The molecule has 2 aromatic heterocycles. The van der Waals surface area contributed by atoms with Crippen molar-refractivity contribution in [3.05, 3.63) is 63.1 Å². The third kappa shape index (κ3) is 5.95. The maximum atomic E-state index is 13.7. The number of carbonyl (C=O) groups excluding carboxylic acids is 1. The zero-order chi connectivity index (χ0) is 26.1. The van der Waals surface area contributed by atoms with Crippen LogP contribution in [-0.2, 0) is 6.18 Å². The van der Waals surface area contributed by atoms with E-state index in [2.05, 4.69) is 20.3 Å². The second-order valence-electron chi connectivity index (χ2n) is 8.10. The number of piperidine rings is 1. The Morgan fingerprint density at radius 1 is 1.17 bits per heavy atom. The number of aromatic nitrogens is 3. The lowest BCUT2D eigenvalue weighted by atomic mass is 10.0. The van der Waals surface area contributed by atoms with Crippen LogP contribution in [0.5, 0.6) is 0 Å². The van der Waals surface area contributed by atoms with Gasteiger partial charge in [-0.1, -0.05) is 11.6 Å². The Balaban J connectivity index is 1.58. The molecule has 3 aromatic rings. The van der Waals surface area contributed by atoms with Crippen molar-refractivity contribution >= 4 is 28.8 Å². The highest BCUT2D eigenvalue weighted by atomic mass is 35.5. The summed E-state index contributed by atoms with van der Waals surface area (Å²) < 4.78 is 81.2. The average Bonchev–Trinajstić information content (AvgIpc) is 3.31. The van der Waals surface area contributed by atoms with Gasteiger partial charge in [-0.25, -0.2) is 28.1 Å². The number of hydrogen-bond donors (Lipinski definition) is 1. The Labute approximate surface area is 210 Å². The molecule has 1 unspecified atom stereocenters. The van der Waals surface area contributed by atoms with Crippen LogP contribution in [-0.4, -0.2) is 51.3 Å². The molecule has 0 saturated carbocycles. The first-order chi connectivity index (χ1) is 16.9. The molecular weight excluding hydrogens is 532 g/mol. The highest BCUT2D eigenvalue weighted by Crippen LogP contribution is 2.40. The maximum absolute atomic E-state index is 13.7. The number of carbonyl (C=O) groups is 1. The van der Waals surface area contributed by atoms with Crippen molar-refractivity contribution in [3.63, 3.8) is 0 Å². The quantitative estimate of drug-likeness (QED) is 0.405. The highest BCUT2D eigenvalue weighted by molar-refractivity contribution is 7.09. The fourth-order valence-corrected chi connectivity index (χ4v) is 4.98. The van der Waals surface area contributed by atoms with Crippen LogP contribution in [0, 0.1) is 5.82 Å². The standard InChI is InChI=1S/C22H18ClF6N5OS/c23-15-2-1-12(19-30-8-13(24)9-31-19)7-14(15)20(35)32-10-16(34-5-3-21(25,26)4-6-34)17-18(22(27,28)29)33-11-36-17/h1-2,7-9,11,16H,3-6,10H2,(H,32,35). The van der Waals surface area contributed by atoms with Gasteiger partial charge >= 0.3 is 6.18 Å². The molecule has 1 aliphatic rings. The van der Waals surface area contributed by atoms with Gasteiger partial charge < -0.3 is 5.32 Å². The third-order valence-electron chi connectivity index (χ3n) is 5.68. The van der Waals surface area contributed by atoms with Gasteiger partial charge in [0.15, 0.2) is 17.3 Å². The number of rotatable bonds is 6. The Morgan fingerprint density at radius 3 is 2.47 bits per heavy atom. The van der Waals surface area contributed by atoms with E-state index >= 15 is 0 Å². The molecule has 1 N–H and O–H groups in total. The first kappa shape index (κ1) is 26.3. The van der Waals surface area contributed by atoms with Crippen LogP contribution in [0.4, 0.5) is 26.3 Å². The van der Waals surface area contributed by atoms with Crippen molar-refractivity contribution < 1.29 is 31.1 Å². The molecule has 0 radical (unpaired) electrons. The Kier molecular flexibility index (Phi) is 7.53. The molecule has 3 heterocycles. The van der Waals surface area contributed by atoms with Gasteiger partial charge in [-0.15, -0.1) is 11.3 Å². The summed E-state index contributed by atoms with van der Waals surface area (Å²) in [6.07, 6.45) is -3.86. The van der Waals surface area contributed by atoms with E-state index in [1.807, 2.05) is 0 Å². The van der Waals surface area contributed by atoms with Crippen molar-refractivity contribution in [3.8, 4) is 11.4 Å². The molecule has 36 heavy (non-hydrogen) atoms. The van der Waals surface area contributed by atoms with Crippen molar-refractivity contribution in [1.29, 1.82) is 0 Å². The van der Waals surface area contributed by atoms with Gasteiger partial charge in [-0.05, 0) is 18.2 Å². The zero-order valence-corrected chi connectivity index (χ0v) is 19.9. The van der Waals surface area contributed by atoms with Crippen LogP contribution >= 0.6 is 22.9 Å². The van der Waals surface area contributed by atoms with Gasteiger partial charge in [0.25, 0.3) is 11.8 Å². The van der Waals surface area contributed by atoms with E-state index in [4.69, 9.17) is 11.6 Å². The van der Waals surface area contributed by atoms with Gasteiger partial charge in [0.05, 0.1) is 39.4 Å². The van der Waals surface area contributed by atoms with Gasteiger partial charge in [0.2, 0.25) is 0 Å². The minimum Gasteiger partial charge on any atom is -0.350 e. The summed E-state index contributed by atoms with van der Waals surface area (Å²) in [5.74, 6) is -4.11. The topological polar surface area (TPSA) is 71.0 Å². The van der Waals surface area contributed by atoms with Gasteiger partial charge in [-0.2, -0.15) is 13.2 Å². The molecule has 0 spiro atoms. The molecule has 1 aliphatic heterocycles. The summed E-state index contributed by atoms with van der Waals surface area (Å²) in [5, 5.41) is 2.63. The van der Waals surface area contributed by atoms with Crippen molar-refractivity contribution in [2.24, 2.45) is 0 Å². The lowest BCUT2D eigenvalue weighted by Crippen LogP contribution is -2.45. The molecule has 0 bridgehead atoms. The summed E-state index contributed by atoms with van der Waals surface area (Å²) in [6, 6.07) is 3.27. The number of thiazole rings is 1. The molecule has 6 nitrogen and oxygen atoms in total. The van der Waals surface area contributed by atoms with E-state index in [-0.39, 0.29) is 40.9 Å². The van der Waals surface area contributed by atoms with Crippen LogP contribution < -0.4 is 5.32 Å². The van der Waals surface area contributed by atoms with E-state index in [1.54, 1.807) is 0 Å². The number of amides is 1. The van der Waals surface area contributed by atoms with E-state index in [0.717, 1.165) is 29.2 Å². The van der Waals surface area contributed by atoms with Gasteiger partial charge in [0, 0.05) is 38.0 Å². The molecule has 4 rings (SSSR count). The van der Waals surface area contributed by atoms with E-state index in [9.17, 15) is 31.1 Å². The lowest BCUT2D eigenvalue weighted by Gasteiger charge is -2.37. The second kappa shape index (κ2) is 10.3. The summed E-state index contributed by atoms with van der Waals surface area (Å²) in [4.78, 5) is 25.4. The van der Waals surface area contributed by atoms with Crippen LogP contribution in [0.25, 0.3) is 11.4 Å². The minimum absolute atomic E-state index is 0.00799. The number of halogens is 7. The SMILES string of the molecule is O=C(NCC(c1scnc1C(F)(F)F)N1CCC(F)(F)CC1)c1cc(-c2ncc(F)cn2)ccc1Cl. The maximum Gasteiger partial charge on any atom is 0.434 e. The summed E-state index contributed by atoms with van der Waals surface area (Å²) in [7, 11) is 0. The minimum atomic E-state index is -4.75. The van der Waals surface area contributed by atoms with E-state index < -0.39 is 48.4 Å². The second-order valence-corrected chi connectivity index (χ2v) is 9.39. The summed E-state index contributed by atoms with van der Waals surface area (Å²) >= 11 is 6.92. The number of likely N-dealkylation sites (tertiary alicyclic amines) is 1. The van der Waals surface area contributed by atoms with Crippen molar-refractivity contribution in [1.82, 2.24) is 25.2 Å². The Hall–Kier alpha value is -2.77. The fourth-order valence-electron chi connectivity index (χ4n) is 3.84. The summed E-state index contributed by atoms with van der Waals surface area (Å²) in [6.45, 7) is -0.606. The fraction of sp³-hybridized carbons (Fsp3) is 0.364. The summed E-state index contributed by atoms with van der Waals surface area (Å²) in [5.41, 5.74) is 0.277. The largest absolute Gasteiger partial charge is 0.434 e. The Morgan fingerprint density at radius 2 is 1.83 bits per heavy atom. The molecule has 1 aromatic carbocycles. The number of hydrogen-bond acceptors (Lipinski definition) is 6. The predicted octanol–water partition coefficient (Wildman–Crippen LogP) is 5.61. The highest BCUT2D eigenvalue weighted by Gasteiger charge is 2.42. The number of nitrogens with zero attached hydrogens (tertiary/aromatic N) is 4. The lowest BCUT2D eigenvalue weighted by molar-refractivity contribution is -0.142. The van der Waals surface area contributed by atoms with E-state index in [1.165, 1.54) is 23.1 Å². The molecule has 1 atom stereocenters. The third-order valence-corrected chi connectivity index (χ3v) is 6.94. The van der Waals surface area contributed by atoms with Crippen LogP contribution in [0.15, 0.2) is 36.1 Å². The van der Waals surface area contributed by atoms with Gasteiger partial charge in [-0.3, -0.25) is 9.69 Å². The van der Waals surface area contributed by atoms with Crippen molar-refractivity contribution in [2.75, 3.05) is 19.6 Å². The molecule has 1 amide bonds. The Bertz CT molecular complexity index is 1230. The smallest absolute Gasteiger partial charge is 0.350 e. The average molecular weight is 550 g/mol. The monoisotopic (exact) mass is 549 g/mol. The number of benzene rings is 1. The molecule has 1 fully saturated rings. The van der Waals surface area contributed by atoms with Crippen LogP contribution in [0.1, 0.15) is 39.8 Å². The number of alkyl halides is 5. The molecular formula is C22H18ClF6N5OS. The molecule has 192 valence electrons. The normalized spacial score (nSPS) is 17.1. The molecule has 14 heteroatoms. The molecule has 0 aliphatic carbocycles. The number of nitrogens with one attached hydrogen (secondary N) is 1. The van der Waals surface area contributed by atoms with Crippen molar-refractivity contribution in [2.45, 2.75) is 31.0 Å².